The number of carbonyl (C=O) groups is 4. The molecule has 0 heterocycles. The Morgan fingerprint density at radius 2 is 0.519 bits per heavy atom. The van der Waals surface area contributed by atoms with Crippen molar-refractivity contribution in [3.05, 3.63) is 158 Å². The van der Waals surface area contributed by atoms with Crippen LogP contribution in [0.25, 0.3) is 0 Å². The summed E-state index contributed by atoms with van der Waals surface area (Å²) < 4.78 is 68.5. The fourth-order valence-electron chi connectivity index (χ4n) is 10.1. The summed E-state index contributed by atoms with van der Waals surface area (Å²) in [7, 11) is -10.00. The van der Waals surface area contributed by atoms with Crippen molar-refractivity contribution in [2.24, 2.45) is 0 Å². The highest BCUT2D eigenvalue weighted by Gasteiger charge is 2.30. The minimum absolute atomic E-state index is 0.0272. The largest absolute Gasteiger partial charge is 0.472 e. The predicted octanol–water partition coefficient (Wildman–Crippen LogP) is 23.2. The van der Waals surface area contributed by atoms with Crippen LogP contribution in [-0.4, -0.2) is 96.7 Å². The second-order valence-electron chi connectivity index (χ2n) is 25.9. The summed E-state index contributed by atoms with van der Waals surface area (Å²) in [6, 6.07) is 0. The number of unbranched alkanes of at least 4 members (excludes halogenated alkanes) is 21. The fraction of sp³-hybridized carbons (Fsp3) is 0.647. The molecule has 104 heavy (non-hydrogen) atoms. The average Bonchev–Trinajstić information content (AvgIpc) is 0.911. The van der Waals surface area contributed by atoms with E-state index in [9.17, 15) is 43.2 Å². The van der Waals surface area contributed by atoms with Crippen molar-refractivity contribution in [3.63, 3.8) is 0 Å². The minimum Gasteiger partial charge on any atom is -0.462 e. The molecule has 0 aliphatic rings. The Bertz CT molecular complexity index is 2590. The Balaban J connectivity index is 5.45. The van der Waals surface area contributed by atoms with Gasteiger partial charge in [-0.3, -0.25) is 37.3 Å². The molecule has 0 aliphatic carbocycles. The van der Waals surface area contributed by atoms with Crippen LogP contribution in [0.15, 0.2) is 158 Å². The summed E-state index contributed by atoms with van der Waals surface area (Å²) in [4.78, 5) is 73.0. The van der Waals surface area contributed by atoms with Crippen LogP contribution in [0.3, 0.4) is 0 Å². The van der Waals surface area contributed by atoms with E-state index in [0.717, 1.165) is 161 Å². The number of phosphoric acid groups is 2. The number of aliphatic hydroxyl groups is 1. The maximum atomic E-state index is 13.1. The van der Waals surface area contributed by atoms with Gasteiger partial charge in [0.15, 0.2) is 12.2 Å². The Kier molecular flexibility index (Phi) is 72.0. The van der Waals surface area contributed by atoms with Gasteiger partial charge in [-0.05, 0) is 135 Å². The van der Waals surface area contributed by atoms with Crippen molar-refractivity contribution >= 4 is 39.5 Å². The van der Waals surface area contributed by atoms with Gasteiger partial charge in [0.2, 0.25) is 0 Å². The number of esters is 4. The molecule has 0 aromatic rings. The molecule has 0 aromatic heterocycles. The molecule has 0 fully saturated rings. The molecule has 0 bridgehead atoms. The van der Waals surface area contributed by atoms with Gasteiger partial charge in [-0.15, -0.1) is 0 Å². The molecule has 0 saturated heterocycles. The summed E-state index contributed by atoms with van der Waals surface area (Å²) in [5.74, 6) is -2.32. The van der Waals surface area contributed by atoms with Gasteiger partial charge in [0, 0.05) is 25.7 Å². The predicted molar refractivity (Wildman–Crippen MR) is 427 cm³/mol. The third-order valence-corrected chi connectivity index (χ3v) is 17.9. The molecule has 592 valence electrons. The molecule has 0 aliphatic heterocycles. The summed E-state index contributed by atoms with van der Waals surface area (Å²) in [6.45, 7) is 4.40. The van der Waals surface area contributed by atoms with E-state index in [1.807, 2.05) is 18.2 Å². The SMILES string of the molecule is CC/C=C\C/C=C\C/C=C\C/C=C\C/C=C\C/C=C\CCC(=O)OCC(COP(=O)(O)OCC(O)COP(=O)(O)OCC(COC(=O)CCCCCC/C=C\C/C=C\C/C=C\C/C=C\CC)OC(=O)CCCCCCCCCCCCCCC)OC(=O)CCCCCCC/C=C\C/C=C\C/C=C\CC. The zero-order valence-corrected chi connectivity index (χ0v) is 66.4. The molecular weight excluding hydrogens is 1350 g/mol. The number of allylic oxidation sites excluding steroid dienone is 26. The van der Waals surface area contributed by atoms with E-state index in [1.54, 1.807) is 0 Å². The molecule has 0 saturated carbocycles. The second kappa shape index (κ2) is 75.9. The second-order valence-corrected chi connectivity index (χ2v) is 28.8. The first-order chi connectivity index (χ1) is 50.7. The van der Waals surface area contributed by atoms with Gasteiger partial charge in [0.25, 0.3) is 0 Å². The third-order valence-electron chi connectivity index (χ3n) is 16.0. The van der Waals surface area contributed by atoms with Crippen LogP contribution in [-0.2, 0) is 65.4 Å². The molecule has 0 amide bonds. The van der Waals surface area contributed by atoms with E-state index < -0.39 is 97.5 Å². The van der Waals surface area contributed by atoms with Gasteiger partial charge < -0.3 is 33.8 Å². The molecule has 19 heteroatoms. The van der Waals surface area contributed by atoms with Gasteiger partial charge in [0.05, 0.1) is 26.4 Å². The lowest BCUT2D eigenvalue weighted by molar-refractivity contribution is -0.161. The lowest BCUT2D eigenvalue weighted by Gasteiger charge is -2.21. The van der Waals surface area contributed by atoms with Crippen LogP contribution in [0, 0.1) is 0 Å². The quantitative estimate of drug-likeness (QED) is 0.0169. The van der Waals surface area contributed by atoms with Crippen LogP contribution in [0.1, 0.15) is 297 Å². The topological polar surface area (TPSA) is 237 Å². The van der Waals surface area contributed by atoms with Crippen LogP contribution in [0.4, 0.5) is 0 Å². The lowest BCUT2D eigenvalue weighted by atomic mass is 10.0. The first-order valence-corrected chi connectivity index (χ1v) is 42.7. The van der Waals surface area contributed by atoms with Crippen molar-refractivity contribution in [2.45, 2.75) is 316 Å². The molecule has 3 N–H and O–H groups in total. The zero-order valence-electron chi connectivity index (χ0n) is 64.6. The minimum atomic E-state index is -5.00. The molecule has 0 aromatic carbocycles. The van der Waals surface area contributed by atoms with Crippen LogP contribution >= 0.6 is 15.6 Å². The molecular formula is C85H140O17P2. The number of aliphatic hydroxyl groups excluding tert-OH is 1. The van der Waals surface area contributed by atoms with Crippen LogP contribution < -0.4 is 0 Å². The van der Waals surface area contributed by atoms with E-state index >= 15 is 0 Å². The van der Waals surface area contributed by atoms with Gasteiger partial charge in [-0.1, -0.05) is 295 Å². The highest BCUT2D eigenvalue weighted by Crippen LogP contribution is 2.45. The Morgan fingerprint density at radius 3 is 0.827 bits per heavy atom. The number of ether oxygens (including phenoxy) is 4. The smallest absolute Gasteiger partial charge is 0.462 e. The van der Waals surface area contributed by atoms with E-state index in [4.69, 9.17) is 37.0 Å². The molecule has 5 unspecified atom stereocenters. The fourth-order valence-corrected chi connectivity index (χ4v) is 11.7. The Morgan fingerprint density at radius 1 is 0.279 bits per heavy atom. The molecule has 0 spiro atoms. The van der Waals surface area contributed by atoms with Gasteiger partial charge in [-0.2, -0.15) is 0 Å². The number of hydrogen-bond donors (Lipinski definition) is 3. The standard InChI is InChI=1S/C85H140O17P2/c1-5-9-13-17-21-25-29-33-36-38-39-41-44-47-50-54-58-62-66-70-83(88)96-76-81(102-85(90)72-68-64-60-56-52-48-42-35-31-27-23-19-15-11-7-3)78-100-104(93,94)98-74-79(86)73-97-103(91,92)99-77-80(101-84(89)71-67-63-59-55-51-45-32-28-24-20-16-12-8-4)75-95-82(87)69-65-61-57-53-49-46-43-40-37-34-30-26-22-18-14-10-6-2/h9-11,13-15,21-23,25-27,33-37,39,41-43,46-47,50,58,62,79-81,86H,5-8,12,16-20,24,28-32,38,40,44-45,48-49,51-57,59-61,63-78H2,1-4H3,(H,91,92)(H,93,94)/b13-9-,14-10-,15-11-,25-21-,26-22-,27-23-,36-33-,37-34-,41-39-,42-35-,46-43-,50-47-,62-58-. The Hall–Kier alpha value is -5.32. The number of hydrogen-bond acceptors (Lipinski definition) is 15. The van der Waals surface area contributed by atoms with Crippen LogP contribution in [0.5, 0.6) is 0 Å². The van der Waals surface area contributed by atoms with Crippen molar-refractivity contribution in [2.75, 3.05) is 39.6 Å². The van der Waals surface area contributed by atoms with Crippen LogP contribution in [0.2, 0.25) is 0 Å². The highest BCUT2D eigenvalue weighted by molar-refractivity contribution is 7.47. The first kappa shape index (κ1) is 98.7. The molecule has 17 nitrogen and oxygen atoms in total. The number of carbonyl (C=O) groups excluding carboxylic acids is 4. The first-order valence-electron chi connectivity index (χ1n) is 39.7. The van der Waals surface area contributed by atoms with Gasteiger partial charge in [-0.25, -0.2) is 9.13 Å². The molecule has 5 atom stereocenters. The summed E-state index contributed by atoms with van der Waals surface area (Å²) >= 11 is 0. The van der Waals surface area contributed by atoms with Crippen molar-refractivity contribution in [1.29, 1.82) is 0 Å². The maximum absolute atomic E-state index is 13.1. The monoisotopic (exact) mass is 1490 g/mol. The summed E-state index contributed by atoms with van der Waals surface area (Å²) in [6.07, 6.45) is 88.1. The van der Waals surface area contributed by atoms with E-state index in [-0.39, 0.29) is 25.7 Å². The van der Waals surface area contributed by atoms with Crippen molar-refractivity contribution in [3.8, 4) is 0 Å². The highest BCUT2D eigenvalue weighted by atomic mass is 31.2. The third kappa shape index (κ3) is 74.9. The maximum Gasteiger partial charge on any atom is 0.472 e. The zero-order chi connectivity index (χ0) is 76.0. The van der Waals surface area contributed by atoms with E-state index in [2.05, 4.69) is 167 Å². The van der Waals surface area contributed by atoms with Gasteiger partial charge in [0.1, 0.15) is 19.3 Å². The van der Waals surface area contributed by atoms with Crippen molar-refractivity contribution < 1.29 is 80.2 Å². The number of rotatable bonds is 73. The normalized spacial score (nSPS) is 14.7. The molecule has 0 rings (SSSR count). The van der Waals surface area contributed by atoms with E-state index in [0.29, 0.717) is 32.1 Å². The van der Waals surface area contributed by atoms with E-state index in [1.165, 1.54) is 51.4 Å². The average molecular weight is 1500 g/mol. The van der Waals surface area contributed by atoms with Gasteiger partial charge >= 0.3 is 39.5 Å². The van der Waals surface area contributed by atoms with Crippen molar-refractivity contribution in [1.82, 2.24) is 0 Å². The number of phosphoric ester groups is 2. The summed E-state index contributed by atoms with van der Waals surface area (Å²) in [5.41, 5.74) is 0. The Labute approximate surface area is 629 Å². The summed E-state index contributed by atoms with van der Waals surface area (Å²) in [5, 5.41) is 10.6. The molecule has 0 radical (unpaired) electrons. The lowest BCUT2D eigenvalue weighted by Crippen LogP contribution is -2.30.